The van der Waals surface area contributed by atoms with Crippen LogP contribution < -0.4 is 0 Å². The summed E-state index contributed by atoms with van der Waals surface area (Å²) >= 11 is 0. The quantitative estimate of drug-likeness (QED) is 0.214. The van der Waals surface area contributed by atoms with E-state index in [1.54, 1.807) is 12.2 Å². The molecule has 0 saturated carbocycles. The molecule has 5 nitrogen and oxygen atoms in total. The Morgan fingerprint density at radius 1 is 0.600 bits per heavy atom. The number of benzene rings is 3. The highest BCUT2D eigenvalue weighted by atomic mass is 15.0. The minimum absolute atomic E-state index is 0.506. The first kappa shape index (κ1) is 25.8. The molecule has 2 heterocycles. The third-order valence-corrected chi connectivity index (χ3v) is 7.12. The van der Waals surface area contributed by atoms with Crippen molar-refractivity contribution in [2.75, 3.05) is 0 Å². The second kappa shape index (κ2) is 10.5. The molecule has 5 heteroatoms. The lowest BCUT2D eigenvalue weighted by atomic mass is 10.1. The molecule has 0 unspecified atom stereocenters. The average Bonchev–Trinajstić information content (AvgIpc) is 3.43. The zero-order valence-electron chi connectivity index (χ0n) is 22.3. The number of allylic oxidation sites excluding steroid dienone is 4. The molecule has 0 aliphatic rings. The van der Waals surface area contributed by atoms with Gasteiger partial charge >= 0.3 is 0 Å². The Balaban J connectivity index is 1.88. The van der Waals surface area contributed by atoms with E-state index in [0.717, 1.165) is 55.7 Å². The fourth-order valence-electron chi connectivity index (χ4n) is 5.26. The summed E-state index contributed by atoms with van der Waals surface area (Å²) in [6.07, 6.45) is 11.2. The van der Waals surface area contributed by atoms with Crippen LogP contribution in [0.5, 0.6) is 0 Å². The number of fused-ring (bicyclic) bond motifs is 2. The van der Waals surface area contributed by atoms with Gasteiger partial charge in [0.05, 0.1) is 45.9 Å². The topological polar surface area (TPSA) is 81.2 Å². The Labute approximate surface area is 233 Å². The summed E-state index contributed by atoms with van der Waals surface area (Å²) in [6, 6.07) is 23.9. The first-order chi connectivity index (χ1) is 19.4. The fraction of sp³-hybridized carbons (Fsp3) is 0.0571. The zero-order chi connectivity index (χ0) is 28.4. The molecule has 0 amide bonds. The minimum atomic E-state index is 0.506. The third kappa shape index (κ3) is 4.21. The third-order valence-electron chi connectivity index (χ3n) is 7.12. The summed E-state index contributed by atoms with van der Waals surface area (Å²) in [5.41, 5.74) is 9.08. The Morgan fingerprint density at radius 2 is 1.02 bits per heavy atom. The van der Waals surface area contributed by atoms with Crippen LogP contribution in [0.15, 0.2) is 92.1 Å². The lowest BCUT2D eigenvalue weighted by molar-refractivity contribution is 1.06. The van der Waals surface area contributed by atoms with Crippen molar-refractivity contribution in [3.63, 3.8) is 0 Å². The maximum Gasteiger partial charge on any atom is 0.0993 e. The van der Waals surface area contributed by atoms with Gasteiger partial charge in [0.2, 0.25) is 0 Å². The highest BCUT2D eigenvalue weighted by Crippen LogP contribution is 2.35. The monoisotopic (exact) mass is 515 g/mol. The zero-order valence-corrected chi connectivity index (χ0v) is 22.3. The lowest BCUT2D eigenvalue weighted by Crippen LogP contribution is -2.03. The van der Waals surface area contributed by atoms with Gasteiger partial charge in [-0.1, -0.05) is 37.5 Å². The van der Waals surface area contributed by atoms with Crippen molar-refractivity contribution in [3.05, 3.63) is 131 Å². The van der Waals surface area contributed by atoms with Crippen LogP contribution in [0.3, 0.4) is 0 Å². The molecule has 40 heavy (non-hydrogen) atoms. The van der Waals surface area contributed by atoms with Crippen LogP contribution >= 0.6 is 0 Å². The van der Waals surface area contributed by atoms with E-state index in [9.17, 15) is 15.8 Å². The fourth-order valence-corrected chi connectivity index (χ4v) is 5.26. The van der Waals surface area contributed by atoms with Crippen molar-refractivity contribution in [2.45, 2.75) is 13.8 Å². The van der Waals surface area contributed by atoms with Gasteiger partial charge < -0.3 is 9.13 Å². The standard InChI is InChI=1S/C35H25N5/c1-5-7-9-32-23(3)30-17-25(20-36)11-13-34(30)39(32)28-15-27(22-38)16-29(19-28)40-33(10-8-6-2)24(4)31-18-26(21-37)12-14-35(31)40/h5-19H,1-2H2,3-4H3/b9-7-,10-8-. The molecule has 3 aromatic carbocycles. The minimum Gasteiger partial charge on any atom is -0.309 e. The van der Waals surface area contributed by atoms with Crippen LogP contribution in [-0.2, 0) is 0 Å². The summed E-state index contributed by atoms with van der Waals surface area (Å²) in [5.74, 6) is 0. The van der Waals surface area contributed by atoms with Crippen LogP contribution in [-0.4, -0.2) is 9.13 Å². The number of hydrogen-bond acceptors (Lipinski definition) is 3. The molecule has 190 valence electrons. The Kier molecular flexibility index (Phi) is 6.78. The number of aryl methyl sites for hydroxylation is 2. The number of nitriles is 3. The first-order valence-electron chi connectivity index (χ1n) is 12.7. The molecule has 5 aromatic rings. The van der Waals surface area contributed by atoms with Gasteiger partial charge in [0.1, 0.15) is 0 Å². The van der Waals surface area contributed by atoms with Crippen molar-refractivity contribution < 1.29 is 0 Å². The van der Waals surface area contributed by atoms with Crippen LogP contribution in [0.1, 0.15) is 39.2 Å². The van der Waals surface area contributed by atoms with Gasteiger partial charge in [-0.15, -0.1) is 0 Å². The number of nitrogens with zero attached hydrogens (tertiary/aromatic N) is 5. The first-order valence-corrected chi connectivity index (χ1v) is 12.7. The van der Waals surface area contributed by atoms with Crippen LogP contribution in [0.25, 0.3) is 45.3 Å². The SMILES string of the molecule is C=C/C=C\c1c(C)c2cc(C#N)ccc2n1-c1cc(C#N)cc(-n2c(/C=C\C=C)c(C)c3cc(C#N)ccc32)c1. The molecule has 0 aliphatic carbocycles. The molecule has 2 aromatic heterocycles. The van der Waals surface area contributed by atoms with E-state index in [4.69, 9.17) is 0 Å². The Bertz CT molecular complexity index is 1900. The lowest BCUT2D eigenvalue weighted by Gasteiger charge is -2.15. The maximum absolute atomic E-state index is 10.1. The van der Waals surface area contributed by atoms with E-state index < -0.39 is 0 Å². The average molecular weight is 516 g/mol. The molecule has 0 fully saturated rings. The molecule has 0 saturated heterocycles. The smallest absolute Gasteiger partial charge is 0.0993 e. The van der Waals surface area contributed by atoms with Gasteiger partial charge in [-0.05, 0) is 91.7 Å². The Hall–Kier alpha value is -5.83. The van der Waals surface area contributed by atoms with E-state index in [1.807, 2.05) is 86.7 Å². The van der Waals surface area contributed by atoms with Crippen molar-refractivity contribution in [1.29, 1.82) is 15.8 Å². The maximum atomic E-state index is 10.1. The van der Waals surface area contributed by atoms with E-state index in [0.29, 0.717) is 16.7 Å². The summed E-state index contributed by atoms with van der Waals surface area (Å²) < 4.78 is 4.23. The van der Waals surface area contributed by atoms with Gasteiger partial charge in [-0.3, -0.25) is 0 Å². The van der Waals surface area contributed by atoms with Crippen LogP contribution in [0.4, 0.5) is 0 Å². The Morgan fingerprint density at radius 3 is 1.40 bits per heavy atom. The van der Waals surface area contributed by atoms with Crippen LogP contribution in [0, 0.1) is 47.8 Å². The molecule has 0 spiro atoms. The summed E-state index contributed by atoms with van der Waals surface area (Å²) in [4.78, 5) is 0. The molecule has 0 bridgehead atoms. The number of rotatable bonds is 6. The normalized spacial score (nSPS) is 11.2. The van der Waals surface area contributed by atoms with Gasteiger partial charge in [-0.2, -0.15) is 15.8 Å². The largest absolute Gasteiger partial charge is 0.309 e. The second-order valence-electron chi connectivity index (χ2n) is 9.42. The molecule has 0 aliphatic heterocycles. The van der Waals surface area contributed by atoms with E-state index in [1.165, 1.54) is 0 Å². The van der Waals surface area contributed by atoms with Crippen molar-refractivity contribution in [3.8, 4) is 29.6 Å². The van der Waals surface area contributed by atoms with E-state index in [-0.39, 0.29) is 0 Å². The summed E-state index contributed by atoms with van der Waals surface area (Å²) in [7, 11) is 0. The highest BCUT2D eigenvalue weighted by Gasteiger charge is 2.19. The molecule has 0 atom stereocenters. The summed E-state index contributed by atoms with van der Waals surface area (Å²) in [5, 5.41) is 31.0. The molecule has 0 N–H and O–H groups in total. The highest BCUT2D eigenvalue weighted by molar-refractivity contribution is 5.93. The van der Waals surface area contributed by atoms with E-state index in [2.05, 4.69) is 46.6 Å². The van der Waals surface area contributed by atoms with Gasteiger partial charge in [0, 0.05) is 33.5 Å². The predicted octanol–water partition coefficient (Wildman–Crippen LogP) is 8.20. The van der Waals surface area contributed by atoms with Gasteiger partial charge in [0.15, 0.2) is 0 Å². The molecular formula is C35H25N5. The summed E-state index contributed by atoms with van der Waals surface area (Å²) in [6.45, 7) is 11.7. The van der Waals surface area contributed by atoms with Gasteiger partial charge in [0.25, 0.3) is 0 Å². The molecule has 0 radical (unpaired) electrons. The van der Waals surface area contributed by atoms with Crippen LogP contribution in [0.2, 0.25) is 0 Å². The van der Waals surface area contributed by atoms with Crippen molar-refractivity contribution in [2.24, 2.45) is 0 Å². The molecule has 5 rings (SSSR count). The van der Waals surface area contributed by atoms with E-state index >= 15 is 0 Å². The number of hydrogen-bond donors (Lipinski definition) is 0. The predicted molar refractivity (Wildman–Crippen MR) is 162 cm³/mol. The van der Waals surface area contributed by atoms with Gasteiger partial charge in [-0.25, -0.2) is 0 Å². The van der Waals surface area contributed by atoms with Crippen molar-refractivity contribution in [1.82, 2.24) is 9.13 Å². The van der Waals surface area contributed by atoms with Crippen molar-refractivity contribution >= 4 is 34.0 Å². The molecular weight excluding hydrogens is 490 g/mol. The number of aromatic nitrogens is 2. The second-order valence-corrected chi connectivity index (χ2v) is 9.42.